The molecule has 0 aliphatic carbocycles. The number of aliphatic imine (C=N–C) groups is 1. The van der Waals surface area contributed by atoms with Crippen molar-refractivity contribution in [1.82, 2.24) is 52.3 Å². The van der Waals surface area contributed by atoms with Crippen molar-refractivity contribution >= 4 is 70.9 Å². The monoisotopic (exact) mass is 1170 g/mol. The van der Waals surface area contributed by atoms with Gasteiger partial charge in [-0.1, -0.05) is 86.6 Å². The van der Waals surface area contributed by atoms with Crippen molar-refractivity contribution in [2.24, 2.45) is 28.1 Å². The number of likely N-dealkylation sites (tertiary alicyclic amines) is 1. The molecule has 11 amide bonds. The molecule has 84 heavy (non-hydrogen) atoms. The molecule has 27 nitrogen and oxygen atoms in total. The summed E-state index contributed by atoms with van der Waals surface area (Å²) >= 11 is 0. The Morgan fingerprint density at radius 1 is 0.679 bits per heavy atom. The topological polar surface area (TPSA) is 421 Å². The van der Waals surface area contributed by atoms with E-state index in [1.807, 2.05) is 0 Å². The van der Waals surface area contributed by atoms with Crippen molar-refractivity contribution in [2.45, 2.75) is 126 Å². The summed E-state index contributed by atoms with van der Waals surface area (Å²) in [6.45, 7) is 1.77. The number of aliphatic hydroxyl groups is 1. The molecule has 0 unspecified atom stereocenters. The van der Waals surface area contributed by atoms with Gasteiger partial charge in [-0.3, -0.25) is 57.7 Å². The lowest BCUT2D eigenvalue weighted by atomic mass is 9.99. The lowest BCUT2D eigenvalue weighted by Gasteiger charge is -2.30. The molecule has 2 saturated heterocycles. The first-order valence-corrected chi connectivity index (χ1v) is 27.8. The fourth-order valence-electron chi connectivity index (χ4n) is 9.61. The summed E-state index contributed by atoms with van der Waals surface area (Å²) in [5, 5.41) is 41.4. The standard InChI is InChI=1S/C57H78N14O13/c1-33(2)26-40(50(78)65-39(16-10-24-61-57(59)60)56(84)71-25-11-17-45(71)54(82)62-30-46(58)74)66-51(79)41(27-34-12-6-4-7-13-34)67-52(80)42(28-36-18-20-37(73)21-19-36)68-53(81)44(32-72)64-48(76)31-70(3)55(83)43(29-35-14-8-5-9-15-35)69-49(77)38-22-23-47(75)63-38/h4-9,12-15,18-21,33,38-45,72-73H,10-11,16-17,22-32H2,1-3H3,(H2,58,74)(H,62,82)(H,63,75)(H,64,76)(H,65,78)(H,66,79)(H,67,80)(H,68,81)(H,69,77)(H4,59,60,61)/t38-,39-,40-,41+,42-,43+,44-,45-/m0/s1. The summed E-state index contributed by atoms with van der Waals surface area (Å²) in [5.74, 6) is -8.55. The number of likely N-dealkylation sites (N-methyl/N-ethyl adjacent to an activating group) is 1. The predicted molar refractivity (Wildman–Crippen MR) is 306 cm³/mol. The Kier molecular flexibility index (Phi) is 25.4. The number of carbonyl (C=O) groups excluding carboxylic acids is 11. The molecule has 8 atom stereocenters. The number of rotatable bonds is 31. The molecule has 0 radical (unpaired) electrons. The molecule has 3 aromatic rings. The van der Waals surface area contributed by atoms with Crippen molar-refractivity contribution in [2.75, 3.05) is 39.8 Å². The molecule has 2 aliphatic rings. The molecule has 2 fully saturated rings. The highest BCUT2D eigenvalue weighted by Crippen LogP contribution is 2.21. The van der Waals surface area contributed by atoms with Crippen LogP contribution < -0.4 is 59.7 Å². The number of hydrogen-bond acceptors (Lipinski definition) is 14. The number of aromatic hydroxyl groups is 1. The fraction of sp³-hybridized carbons (Fsp3) is 0.474. The predicted octanol–water partition coefficient (Wildman–Crippen LogP) is -3.25. The first kappa shape index (κ1) is 65.7. The maximum absolute atomic E-state index is 14.7. The van der Waals surface area contributed by atoms with Crippen LogP contribution in [0.15, 0.2) is 89.9 Å². The second-order valence-electron chi connectivity index (χ2n) is 21.2. The summed E-state index contributed by atoms with van der Waals surface area (Å²) in [6.07, 6.45) is 0.999. The van der Waals surface area contributed by atoms with E-state index in [9.17, 15) is 63.0 Å². The number of guanidine groups is 1. The number of aliphatic hydroxyl groups excluding tert-OH is 1. The van der Waals surface area contributed by atoms with Crippen LogP contribution >= 0.6 is 0 Å². The summed E-state index contributed by atoms with van der Waals surface area (Å²) in [4.78, 5) is 155. The Bertz CT molecular complexity index is 2820. The lowest BCUT2D eigenvalue weighted by molar-refractivity contribution is -0.142. The van der Waals surface area contributed by atoms with E-state index in [2.05, 4.69) is 47.5 Å². The summed E-state index contributed by atoms with van der Waals surface area (Å²) in [5.41, 5.74) is 18.0. The van der Waals surface area contributed by atoms with Crippen LogP contribution in [0.25, 0.3) is 0 Å². The van der Waals surface area contributed by atoms with E-state index in [-0.39, 0.29) is 94.4 Å². The van der Waals surface area contributed by atoms with E-state index in [4.69, 9.17) is 17.2 Å². The molecule has 16 N–H and O–H groups in total. The fourth-order valence-corrected chi connectivity index (χ4v) is 9.61. The van der Waals surface area contributed by atoms with Crippen LogP contribution in [0.2, 0.25) is 0 Å². The van der Waals surface area contributed by atoms with E-state index in [1.54, 1.807) is 74.5 Å². The van der Waals surface area contributed by atoms with Gasteiger partial charge in [0, 0.05) is 45.8 Å². The van der Waals surface area contributed by atoms with Gasteiger partial charge in [-0.15, -0.1) is 0 Å². The molecule has 5 rings (SSSR count). The second kappa shape index (κ2) is 32.5. The van der Waals surface area contributed by atoms with Crippen molar-refractivity contribution in [1.29, 1.82) is 0 Å². The number of benzene rings is 3. The van der Waals surface area contributed by atoms with E-state index in [0.717, 1.165) is 4.90 Å². The Labute approximate surface area is 486 Å². The van der Waals surface area contributed by atoms with Gasteiger partial charge < -0.3 is 79.7 Å². The highest BCUT2D eigenvalue weighted by molar-refractivity contribution is 5.99. The molecule has 0 aromatic heterocycles. The van der Waals surface area contributed by atoms with Crippen LogP contribution in [0.3, 0.4) is 0 Å². The molecule has 0 bridgehead atoms. The molecule has 0 saturated carbocycles. The first-order chi connectivity index (χ1) is 40.0. The minimum atomic E-state index is -1.70. The van der Waals surface area contributed by atoms with Crippen molar-refractivity contribution in [3.05, 3.63) is 102 Å². The van der Waals surface area contributed by atoms with Gasteiger partial charge in [-0.05, 0) is 73.3 Å². The van der Waals surface area contributed by atoms with Gasteiger partial charge in [-0.2, -0.15) is 0 Å². The van der Waals surface area contributed by atoms with E-state index < -0.39 is 127 Å². The Morgan fingerprint density at radius 2 is 1.21 bits per heavy atom. The zero-order chi connectivity index (χ0) is 61.5. The molecule has 27 heteroatoms. The third-order valence-corrected chi connectivity index (χ3v) is 13.9. The Morgan fingerprint density at radius 3 is 1.75 bits per heavy atom. The van der Waals surface area contributed by atoms with E-state index in [0.29, 0.717) is 23.1 Å². The number of nitrogens with one attached hydrogen (secondary N) is 8. The lowest BCUT2D eigenvalue weighted by Crippen LogP contribution is -2.61. The van der Waals surface area contributed by atoms with Gasteiger partial charge in [0.05, 0.1) is 19.7 Å². The summed E-state index contributed by atoms with van der Waals surface area (Å²) in [7, 11) is 1.30. The molecular formula is C57H78N14O13. The molecule has 2 heterocycles. The molecule has 3 aromatic carbocycles. The average Bonchev–Trinajstić information content (AvgIpc) is 4.02. The van der Waals surface area contributed by atoms with Crippen LogP contribution in [-0.4, -0.2) is 179 Å². The Hall–Kier alpha value is -9.14. The van der Waals surface area contributed by atoms with Gasteiger partial charge in [0.15, 0.2) is 5.96 Å². The zero-order valence-corrected chi connectivity index (χ0v) is 47.3. The minimum Gasteiger partial charge on any atom is -0.508 e. The van der Waals surface area contributed by atoms with Gasteiger partial charge in [-0.25, -0.2) is 0 Å². The highest BCUT2D eigenvalue weighted by atomic mass is 16.3. The van der Waals surface area contributed by atoms with E-state index >= 15 is 0 Å². The van der Waals surface area contributed by atoms with Gasteiger partial charge >= 0.3 is 0 Å². The van der Waals surface area contributed by atoms with Gasteiger partial charge in [0.2, 0.25) is 65.0 Å². The smallest absolute Gasteiger partial charge is 0.245 e. The van der Waals surface area contributed by atoms with Crippen LogP contribution in [0.5, 0.6) is 5.75 Å². The van der Waals surface area contributed by atoms with Crippen LogP contribution in [0, 0.1) is 5.92 Å². The number of primary amides is 1. The number of nitrogens with two attached hydrogens (primary N) is 3. The normalized spacial score (nSPS) is 16.7. The van der Waals surface area contributed by atoms with Crippen molar-refractivity contribution in [3.8, 4) is 5.75 Å². The Balaban J connectivity index is 1.35. The minimum absolute atomic E-state index is 0.00872. The molecule has 0 spiro atoms. The second-order valence-corrected chi connectivity index (χ2v) is 21.2. The number of carbonyl (C=O) groups is 11. The van der Waals surface area contributed by atoms with Crippen LogP contribution in [0.1, 0.15) is 75.5 Å². The van der Waals surface area contributed by atoms with E-state index in [1.165, 1.54) is 36.2 Å². The van der Waals surface area contributed by atoms with Crippen LogP contribution in [0.4, 0.5) is 0 Å². The zero-order valence-electron chi connectivity index (χ0n) is 47.3. The molecule has 2 aliphatic heterocycles. The quantitative estimate of drug-likeness (QED) is 0.0171. The largest absolute Gasteiger partial charge is 0.508 e. The number of amides is 11. The van der Waals surface area contributed by atoms with Crippen molar-refractivity contribution < 1.29 is 63.0 Å². The van der Waals surface area contributed by atoms with Gasteiger partial charge in [0.1, 0.15) is 54.1 Å². The number of hydrogen-bond donors (Lipinski definition) is 13. The maximum atomic E-state index is 14.7. The summed E-state index contributed by atoms with van der Waals surface area (Å²) in [6, 6.07) is 12.8. The van der Waals surface area contributed by atoms with Crippen molar-refractivity contribution in [3.63, 3.8) is 0 Å². The van der Waals surface area contributed by atoms with Crippen LogP contribution in [-0.2, 0) is 72.0 Å². The third-order valence-electron chi connectivity index (χ3n) is 13.9. The van der Waals surface area contributed by atoms with Gasteiger partial charge in [0.25, 0.3) is 0 Å². The number of phenolic OH excluding ortho intramolecular Hbond substituents is 1. The molecule has 454 valence electrons. The SMILES string of the molecule is CC(C)C[C@H](NC(=O)[C@@H](Cc1ccccc1)NC(=O)[C@H](Cc1ccc(O)cc1)NC(=O)[C@H](CO)NC(=O)CN(C)C(=O)[C@@H](Cc1ccccc1)NC(=O)[C@@H]1CCC(=O)N1)C(=O)N[C@@H](CCCN=C(N)N)C(=O)N1CCC[C@H]1C(=O)NCC(N)=O. The number of nitrogens with zero attached hydrogens (tertiary/aromatic N) is 3. The summed E-state index contributed by atoms with van der Waals surface area (Å²) < 4.78 is 0. The number of phenols is 1. The maximum Gasteiger partial charge on any atom is 0.245 e. The first-order valence-electron chi connectivity index (χ1n) is 27.8. The average molecular weight is 1170 g/mol. The highest BCUT2D eigenvalue weighted by Gasteiger charge is 2.40. The third kappa shape index (κ3) is 21.0. The molecular weight excluding hydrogens is 1090 g/mol.